The van der Waals surface area contributed by atoms with Crippen LogP contribution in [0.4, 0.5) is 10.5 Å². The fourth-order valence-electron chi connectivity index (χ4n) is 4.15. The van der Waals surface area contributed by atoms with E-state index in [1.165, 1.54) is 32.1 Å². The van der Waals surface area contributed by atoms with E-state index in [4.69, 9.17) is 0 Å². The molecule has 0 bridgehead atoms. The van der Waals surface area contributed by atoms with Gasteiger partial charge in [0.15, 0.2) is 0 Å². The van der Waals surface area contributed by atoms with Gasteiger partial charge in [-0.2, -0.15) is 0 Å². The summed E-state index contributed by atoms with van der Waals surface area (Å²) in [5, 5.41) is 2.89. The van der Waals surface area contributed by atoms with Gasteiger partial charge in [-0.1, -0.05) is 30.3 Å². The number of urea groups is 1. The largest absolute Gasteiger partial charge is 0.327 e. The molecule has 0 spiro atoms. The highest BCUT2D eigenvalue weighted by Crippen LogP contribution is 2.37. The number of fused-ring (bicyclic) bond motifs is 3. The van der Waals surface area contributed by atoms with Crippen LogP contribution in [0.2, 0.25) is 0 Å². The summed E-state index contributed by atoms with van der Waals surface area (Å²) in [7, 11) is 0. The highest BCUT2D eigenvalue weighted by atomic mass is 16.2. The summed E-state index contributed by atoms with van der Waals surface area (Å²) in [5.41, 5.74) is 5.61. The molecule has 2 aliphatic rings. The molecule has 1 aliphatic carbocycles. The van der Waals surface area contributed by atoms with Crippen molar-refractivity contribution in [1.82, 2.24) is 9.80 Å². The van der Waals surface area contributed by atoms with Crippen LogP contribution in [0.5, 0.6) is 0 Å². The second-order valence-corrected chi connectivity index (χ2v) is 7.13. The number of benzene rings is 2. The van der Waals surface area contributed by atoms with Gasteiger partial charge in [0.1, 0.15) is 6.04 Å². The zero-order valence-corrected chi connectivity index (χ0v) is 16.1. The minimum absolute atomic E-state index is 0.0355. The van der Waals surface area contributed by atoms with Crippen LogP contribution < -0.4 is 5.32 Å². The third kappa shape index (κ3) is 2.95. The first kappa shape index (κ1) is 18.2. The minimum atomic E-state index is -0.726. The van der Waals surface area contributed by atoms with Crippen LogP contribution in [-0.2, 0) is 16.0 Å². The van der Waals surface area contributed by atoms with Crippen molar-refractivity contribution in [1.29, 1.82) is 0 Å². The van der Waals surface area contributed by atoms with Crippen molar-refractivity contribution in [2.45, 2.75) is 32.7 Å². The monoisotopic (exact) mass is 377 g/mol. The molecule has 4 amide bonds. The van der Waals surface area contributed by atoms with Crippen molar-refractivity contribution in [3.8, 4) is 11.1 Å². The summed E-state index contributed by atoms with van der Waals surface area (Å²) in [6, 6.07) is 13.2. The SMILES string of the molecule is CCN1C(=O)[C@H](CC(=O)Nc2ccc3c(c2)Cc2ccccc2-3)N(CC)C1=O. The molecule has 1 atom stereocenters. The molecular weight excluding hydrogens is 354 g/mol. The van der Waals surface area contributed by atoms with Crippen molar-refractivity contribution >= 4 is 23.5 Å². The van der Waals surface area contributed by atoms with E-state index in [9.17, 15) is 14.4 Å². The molecule has 1 aliphatic heterocycles. The number of imide groups is 1. The molecule has 0 unspecified atom stereocenters. The van der Waals surface area contributed by atoms with E-state index in [0.717, 1.165) is 6.42 Å². The number of nitrogens with one attached hydrogen (secondary N) is 1. The summed E-state index contributed by atoms with van der Waals surface area (Å²) in [6.07, 6.45) is 0.812. The van der Waals surface area contributed by atoms with Crippen molar-refractivity contribution in [3.05, 3.63) is 53.6 Å². The van der Waals surface area contributed by atoms with Gasteiger partial charge in [0.25, 0.3) is 5.91 Å². The molecule has 1 heterocycles. The minimum Gasteiger partial charge on any atom is -0.326 e. The molecule has 0 aromatic heterocycles. The van der Waals surface area contributed by atoms with E-state index < -0.39 is 6.04 Å². The summed E-state index contributed by atoms with van der Waals surface area (Å²) in [4.78, 5) is 40.0. The van der Waals surface area contributed by atoms with Gasteiger partial charge < -0.3 is 10.2 Å². The zero-order chi connectivity index (χ0) is 19.8. The van der Waals surface area contributed by atoms with Gasteiger partial charge in [-0.3, -0.25) is 14.5 Å². The Labute approximate surface area is 164 Å². The molecule has 28 heavy (non-hydrogen) atoms. The van der Waals surface area contributed by atoms with Gasteiger partial charge in [-0.15, -0.1) is 0 Å². The fourth-order valence-corrected chi connectivity index (χ4v) is 4.15. The van der Waals surface area contributed by atoms with Crippen LogP contribution in [-0.4, -0.2) is 46.8 Å². The van der Waals surface area contributed by atoms with Gasteiger partial charge >= 0.3 is 6.03 Å². The Morgan fingerprint density at radius 3 is 2.54 bits per heavy atom. The lowest BCUT2D eigenvalue weighted by atomic mass is 10.1. The van der Waals surface area contributed by atoms with Crippen LogP contribution in [0.25, 0.3) is 11.1 Å². The topological polar surface area (TPSA) is 69.7 Å². The number of likely N-dealkylation sites (N-methyl/N-ethyl adjacent to an activating group) is 2. The van der Waals surface area contributed by atoms with E-state index in [0.29, 0.717) is 18.8 Å². The average Bonchev–Trinajstić information content (AvgIpc) is 3.15. The second-order valence-electron chi connectivity index (χ2n) is 7.13. The van der Waals surface area contributed by atoms with E-state index in [1.807, 2.05) is 37.3 Å². The highest BCUT2D eigenvalue weighted by molar-refractivity contribution is 6.07. The molecule has 6 heteroatoms. The quantitative estimate of drug-likeness (QED) is 0.694. The van der Waals surface area contributed by atoms with Crippen LogP contribution in [0, 0.1) is 0 Å². The molecule has 6 nitrogen and oxygen atoms in total. The lowest BCUT2D eigenvalue weighted by Gasteiger charge is -2.19. The number of anilines is 1. The standard InChI is InChI=1S/C22H23N3O3/c1-3-24-19(21(27)25(4-2)22(24)28)13-20(26)23-16-9-10-18-15(12-16)11-14-7-5-6-8-17(14)18/h5-10,12,19H,3-4,11,13H2,1-2H3,(H,23,26)/t19-/m0/s1. The molecule has 2 aromatic carbocycles. The maximum absolute atomic E-state index is 12.6. The van der Waals surface area contributed by atoms with Crippen molar-refractivity contribution in [3.63, 3.8) is 0 Å². The van der Waals surface area contributed by atoms with Gasteiger partial charge in [-0.05, 0) is 54.7 Å². The van der Waals surface area contributed by atoms with Gasteiger partial charge in [0.05, 0.1) is 6.42 Å². The molecule has 0 radical (unpaired) electrons. The molecule has 144 valence electrons. The first-order chi connectivity index (χ1) is 13.5. The number of carbonyl (C=O) groups is 3. The second kappa shape index (κ2) is 7.11. The van der Waals surface area contributed by atoms with Crippen LogP contribution >= 0.6 is 0 Å². The van der Waals surface area contributed by atoms with E-state index in [2.05, 4.69) is 17.4 Å². The normalized spacial score (nSPS) is 17.7. The number of rotatable bonds is 5. The van der Waals surface area contributed by atoms with Crippen molar-refractivity contribution in [2.75, 3.05) is 18.4 Å². The Kier molecular flexibility index (Phi) is 4.63. The average molecular weight is 377 g/mol. The highest BCUT2D eigenvalue weighted by Gasteiger charge is 2.44. The lowest BCUT2D eigenvalue weighted by Crippen LogP contribution is -2.37. The van der Waals surface area contributed by atoms with Crippen molar-refractivity contribution < 1.29 is 14.4 Å². The van der Waals surface area contributed by atoms with Crippen LogP contribution in [0.3, 0.4) is 0 Å². The third-order valence-electron chi connectivity index (χ3n) is 5.52. The zero-order valence-electron chi connectivity index (χ0n) is 16.1. The molecule has 0 saturated carbocycles. The fraction of sp³-hybridized carbons (Fsp3) is 0.318. The Balaban J connectivity index is 1.47. The Morgan fingerprint density at radius 2 is 1.79 bits per heavy atom. The maximum atomic E-state index is 12.6. The van der Waals surface area contributed by atoms with Gasteiger partial charge in [0.2, 0.25) is 5.91 Å². The predicted octanol–water partition coefficient (Wildman–Crippen LogP) is 3.26. The van der Waals surface area contributed by atoms with E-state index in [1.54, 1.807) is 6.92 Å². The van der Waals surface area contributed by atoms with Crippen molar-refractivity contribution in [2.24, 2.45) is 0 Å². The van der Waals surface area contributed by atoms with Gasteiger partial charge in [-0.25, -0.2) is 4.79 Å². The Bertz CT molecular complexity index is 969. The summed E-state index contributed by atoms with van der Waals surface area (Å²) in [6.45, 7) is 4.29. The predicted molar refractivity (Wildman–Crippen MR) is 107 cm³/mol. The van der Waals surface area contributed by atoms with Gasteiger partial charge in [0, 0.05) is 18.8 Å². The molecule has 1 saturated heterocycles. The Hall–Kier alpha value is -3.15. The van der Waals surface area contributed by atoms with E-state index >= 15 is 0 Å². The van der Waals surface area contributed by atoms with E-state index in [-0.39, 0.29) is 24.3 Å². The number of hydrogen-bond acceptors (Lipinski definition) is 3. The first-order valence-corrected chi connectivity index (χ1v) is 9.66. The number of carbonyl (C=O) groups excluding carboxylic acids is 3. The van der Waals surface area contributed by atoms with Crippen LogP contribution in [0.1, 0.15) is 31.4 Å². The Morgan fingerprint density at radius 1 is 1.04 bits per heavy atom. The maximum Gasteiger partial charge on any atom is 0.327 e. The number of hydrogen-bond donors (Lipinski definition) is 1. The number of amides is 4. The summed E-state index contributed by atoms with van der Waals surface area (Å²) in [5.74, 6) is -0.563. The molecule has 1 fully saturated rings. The molecule has 2 aromatic rings. The number of nitrogens with zero attached hydrogens (tertiary/aromatic N) is 2. The summed E-state index contributed by atoms with van der Waals surface area (Å²) >= 11 is 0. The summed E-state index contributed by atoms with van der Waals surface area (Å²) < 4.78 is 0. The molecule has 4 rings (SSSR count). The third-order valence-corrected chi connectivity index (χ3v) is 5.52. The molecular formula is C22H23N3O3. The smallest absolute Gasteiger partial charge is 0.326 e. The first-order valence-electron chi connectivity index (χ1n) is 9.66. The molecule has 1 N–H and O–H groups in total. The lowest BCUT2D eigenvalue weighted by molar-refractivity contribution is -0.130. The van der Waals surface area contributed by atoms with Crippen LogP contribution in [0.15, 0.2) is 42.5 Å².